The van der Waals surface area contributed by atoms with Gasteiger partial charge in [-0.25, -0.2) is 0 Å². The maximum Gasteiger partial charge on any atom is 0.236 e. The number of carbonyl (C=O) groups excluding carboxylic acids is 1. The molecular formula is C13H22N2O2. The molecule has 1 amide bonds. The predicted octanol–water partition coefficient (Wildman–Crippen LogP) is 0.797. The summed E-state index contributed by atoms with van der Waals surface area (Å²) in [7, 11) is 0. The molecule has 96 valence electrons. The molecule has 3 N–H and O–H groups in total. The predicted molar refractivity (Wildman–Crippen MR) is 64.3 cm³/mol. The van der Waals surface area contributed by atoms with Crippen molar-refractivity contribution in [1.29, 1.82) is 0 Å². The average Bonchev–Trinajstić information content (AvgIpc) is 2.90. The molecule has 17 heavy (non-hydrogen) atoms. The van der Waals surface area contributed by atoms with Crippen molar-refractivity contribution < 1.29 is 9.53 Å². The second-order valence-corrected chi connectivity index (χ2v) is 5.90. The molecule has 0 radical (unpaired) electrons. The summed E-state index contributed by atoms with van der Waals surface area (Å²) in [5, 5.41) is 3.00. The summed E-state index contributed by atoms with van der Waals surface area (Å²) < 4.78 is 5.77. The highest BCUT2D eigenvalue weighted by molar-refractivity contribution is 5.81. The lowest BCUT2D eigenvalue weighted by molar-refractivity contribution is -0.122. The average molecular weight is 238 g/mol. The van der Waals surface area contributed by atoms with Crippen LogP contribution in [0.5, 0.6) is 0 Å². The highest BCUT2D eigenvalue weighted by Gasteiger charge is 2.40. The zero-order valence-corrected chi connectivity index (χ0v) is 10.2. The minimum absolute atomic E-state index is 0.0275. The molecule has 0 spiro atoms. The van der Waals surface area contributed by atoms with Gasteiger partial charge in [-0.2, -0.15) is 0 Å². The molecule has 0 aromatic rings. The molecule has 1 saturated carbocycles. The molecule has 1 aliphatic carbocycles. The van der Waals surface area contributed by atoms with Crippen LogP contribution in [0.25, 0.3) is 0 Å². The summed E-state index contributed by atoms with van der Waals surface area (Å²) in [6.07, 6.45) is 7.70. The van der Waals surface area contributed by atoms with Crippen LogP contribution in [0.2, 0.25) is 0 Å². The van der Waals surface area contributed by atoms with E-state index in [0.717, 1.165) is 19.4 Å². The van der Waals surface area contributed by atoms with Gasteiger partial charge in [-0.1, -0.05) is 12.8 Å². The quantitative estimate of drug-likeness (QED) is 0.744. The van der Waals surface area contributed by atoms with E-state index in [0.29, 0.717) is 24.0 Å². The number of amides is 1. The Bertz CT molecular complexity index is 304. The molecule has 4 nitrogen and oxygen atoms in total. The van der Waals surface area contributed by atoms with Gasteiger partial charge in [0.05, 0.1) is 18.2 Å². The Kier molecular flexibility index (Phi) is 3.09. The normalized spacial score (nSPS) is 37.1. The standard InChI is InChI=1S/C13H22N2O2/c14-11(5-8-1-2-8)13(16)15-7-9-6-10-3-4-12(9)17-10/h8-12H,1-7,14H2,(H,15,16)/t9?,10?,11-,12?/m0/s1. The molecule has 3 rings (SSSR count). The molecule has 3 fully saturated rings. The van der Waals surface area contributed by atoms with E-state index in [-0.39, 0.29) is 11.9 Å². The van der Waals surface area contributed by atoms with E-state index in [1.54, 1.807) is 0 Å². The van der Waals surface area contributed by atoms with Crippen LogP contribution in [0.15, 0.2) is 0 Å². The lowest BCUT2D eigenvalue weighted by Crippen LogP contribution is -2.43. The maximum absolute atomic E-state index is 11.8. The number of nitrogens with one attached hydrogen (secondary N) is 1. The van der Waals surface area contributed by atoms with Crippen LogP contribution >= 0.6 is 0 Å². The first-order valence-corrected chi connectivity index (χ1v) is 6.91. The molecule has 2 bridgehead atoms. The summed E-state index contributed by atoms with van der Waals surface area (Å²) >= 11 is 0. The smallest absolute Gasteiger partial charge is 0.236 e. The minimum atomic E-state index is -0.304. The van der Waals surface area contributed by atoms with Gasteiger partial charge in [0.2, 0.25) is 5.91 Å². The first-order valence-electron chi connectivity index (χ1n) is 6.91. The number of nitrogens with two attached hydrogens (primary N) is 1. The molecule has 3 unspecified atom stereocenters. The number of rotatable bonds is 5. The SMILES string of the molecule is N[C@@H](CC1CC1)C(=O)NCC1CC2CCC1O2. The van der Waals surface area contributed by atoms with E-state index >= 15 is 0 Å². The molecule has 2 heterocycles. The van der Waals surface area contributed by atoms with Crippen molar-refractivity contribution in [3.05, 3.63) is 0 Å². The third-order valence-electron chi connectivity index (χ3n) is 4.39. The minimum Gasteiger partial charge on any atom is -0.375 e. The van der Waals surface area contributed by atoms with Crippen molar-refractivity contribution >= 4 is 5.91 Å². The van der Waals surface area contributed by atoms with Crippen LogP contribution in [-0.4, -0.2) is 30.7 Å². The Morgan fingerprint density at radius 1 is 1.35 bits per heavy atom. The fourth-order valence-corrected chi connectivity index (χ4v) is 3.14. The van der Waals surface area contributed by atoms with Crippen molar-refractivity contribution in [1.82, 2.24) is 5.32 Å². The first-order chi connectivity index (χ1) is 8.22. The molecule has 3 aliphatic rings. The molecule has 2 saturated heterocycles. The molecule has 4 atom stereocenters. The van der Waals surface area contributed by atoms with E-state index in [2.05, 4.69) is 5.32 Å². The number of hydrogen-bond acceptors (Lipinski definition) is 3. The van der Waals surface area contributed by atoms with Crippen LogP contribution < -0.4 is 11.1 Å². The monoisotopic (exact) mass is 238 g/mol. The molecule has 2 aliphatic heterocycles. The Morgan fingerprint density at radius 3 is 2.76 bits per heavy atom. The van der Waals surface area contributed by atoms with E-state index < -0.39 is 0 Å². The fraction of sp³-hybridized carbons (Fsp3) is 0.923. The van der Waals surface area contributed by atoms with Gasteiger partial charge >= 0.3 is 0 Å². The lowest BCUT2D eigenvalue weighted by Gasteiger charge is -2.20. The van der Waals surface area contributed by atoms with Crippen LogP contribution in [0.3, 0.4) is 0 Å². The van der Waals surface area contributed by atoms with E-state index in [1.807, 2.05) is 0 Å². The van der Waals surface area contributed by atoms with Gasteiger partial charge in [-0.05, 0) is 31.6 Å². The second kappa shape index (κ2) is 4.58. The zero-order valence-electron chi connectivity index (χ0n) is 10.2. The fourth-order valence-electron chi connectivity index (χ4n) is 3.14. The van der Waals surface area contributed by atoms with E-state index in [9.17, 15) is 4.79 Å². The summed E-state index contributed by atoms with van der Waals surface area (Å²) in [4.78, 5) is 11.8. The van der Waals surface area contributed by atoms with Crippen molar-refractivity contribution in [2.24, 2.45) is 17.6 Å². The van der Waals surface area contributed by atoms with Gasteiger partial charge < -0.3 is 15.8 Å². The van der Waals surface area contributed by atoms with E-state index in [4.69, 9.17) is 10.5 Å². The summed E-state index contributed by atoms with van der Waals surface area (Å²) in [6.45, 7) is 0.748. The second-order valence-electron chi connectivity index (χ2n) is 5.90. The van der Waals surface area contributed by atoms with Gasteiger partial charge in [-0.15, -0.1) is 0 Å². The zero-order chi connectivity index (χ0) is 11.8. The molecule has 0 aromatic heterocycles. The first kappa shape index (κ1) is 11.5. The molecular weight excluding hydrogens is 216 g/mol. The van der Waals surface area contributed by atoms with Crippen LogP contribution in [0, 0.1) is 11.8 Å². The maximum atomic E-state index is 11.8. The largest absolute Gasteiger partial charge is 0.375 e. The number of carbonyl (C=O) groups is 1. The Morgan fingerprint density at radius 2 is 2.18 bits per heavy atom. The number of fused-ring (bicyclic) bond motifs is 2. The van der Waals surface area contributed by atoms with Crippen molar-refractivity contribution in [2.75, 3.05) is 6.54 Å². The van der Waals surface area contributed by atoms with Gasteiger partial charge in [0.25, 0.3) is 0 Å². The van der Waals surface area contributed by atoms with Crippen molar-refractivity contribution in [3.8, 4) is 0 Å². The van der Waals surface area contributed by atoms with Crippen LogP contribution in [0.4, 0.5) is 0 Å². The summed E-state index contributed by atoms with van der Waals surface area (Å²) in [5.74, 6) is 1.26. The summed E-state index contributed by atoms with van der Waals surface area (Å²) in [6, 6.07) is -0.304. The van der Waals surface area contributed by atoms with Crippen molar-refractivity contribution in [3.63, 3.8) is 0 Å². The number of ether oxygens (including phenoxy) is 1. The van der Waals surface area contributed by atoms with Gasteiger partial charge in [0.15, 0.2) is 0 Å². The topological polar surface area (TPSA) is 64.4 Å². The Labute approximate surface area is 102 Å². The Balaban J connectivity index is 1.39. The van der Waals surface area contributed by atoms with Crippen LogP contribution in [0.1, 0.15) is 38.5 Å². The highest BCUT2D eigenvalue weighted by atomic mass is 16.5. The highest BCUT2D eigenvalue weighted by Crippen LogP contribution is 2.38. The van der Waals surface area contributed by atoms with Crippen molar-refractivity contribution in [2.45, 2.75) is 56.8 Å². The Hall–Kier alpha value is -0.610. The number of hydrogen-bond donors (Lipinski definition) is 2. The van der Waals surface area contributed by atoms with Gasteiger partial charge in [0, 0.05) is 12.5 Å². The van der Waals surface area contributed by atoms with Gasteiger partial charge in [-0.3, -0.25) is 4.79 Å². The third kappa shape index (κ3) is 2.63. The summed E-state index contributed by atoms with van der Waals surface area (Å²) in [5.41, 5.74) is 5.88. The molecule has 0 aromatic carbocycles. The molecule has 4 heteroatoms. The van der Waals surface area contributed by atoms with Crippen LogP contribution in [-0.2, 0) is 9.53 Å². The lowest BCUT2D eigenvalue weighted by atomic mass is 9.89. The van der Waals surface area contributed by atoms with E-state index in [1.165, 1.54) is 25.7 Å². The van der Waals surface area contributed by atoms with Gasteiger partial charge in [0.1, 0.15) is 0 Å². The third-order valence-corrected chi connectivity index (χ3v) is 4.39.